The summed E-state index contributed by atoms with van der Waals surface area (Å²) < 4.78 is 39.9. The first-order valence-corrected chi connectivity index (χ1v) is 5.90. The summed E-state index contributed by atoms with van der Waals surface area (Å²) in [6.07, 6.45) is -2.10. The van der Waals surface area contributed by atoms with Crippen molar-refractivity contribution >= 4 is 0 Å². The predicted molar refractivity (Wildman–Crippen MR) is 57.5 cm³/mol. The Morgan fingerprint density at radius 3 is 2.82 bits per heavy atom. The summed E-state index contributed by atoms with van der Waals surface area (Å²) in [5.74, 6) is -0.736. The van der Waals surface area contributed by atoms with Gasteiger partial charge in [0.25, 0.3) is 0 Å². The summed E-state index contributed by atoms with van der Waals surface area (Å²) in [5, 5.41) is 3.05. The Hall–Kier alpha value is -1.04. The lowest BCUT2D eigenvalue weighted by molar-refractivity contribution is -0.147. The lowest BCUT2D eigenvalue weighted by Gasteiger charge is -2.16. The minimum atomic E-state index is -4.36. The first-order valence-electron chi connectivity index (χ1n) is 5.90. The van der Waals surface area contributed by atoms with Crippen LogP contribution < -0.4 is 5.32 Å². The molecule has 1 aliphatic rings. The van der Waals surface area contributed by atoms with E-state index < -0.39 is 12.0 Å². The summed E-state index contributed by atoms with van der Waals surface area (Å²) >= 11 is 0. The minimum absolute atomic E-state index is 0.410. The van der Waals surface area contributed by atoms with E-state index >= 15 is 0 Å². The van der Waals surface area contributed by atoms with Gasteiger partial charge >= 0.3 is 6.18 Å². The van der Waals surface area contributed by atoms with Gasteiger partial charge in [0, 0.05) is 31.7 Å². The number of hydrogen-bond donors (Lipinski definition) is 1. The van der Waals surface area contributed by atoms with Crippen LogP contribution in [-0.4, -0.2) is 16.1 Å². The molecule has 96 valence electrons. The zero-order chi connectivity index (χ0) is 12.5. The number of nitrogens with zero attached hydrogens (tertiary/aromatic N) is 2. The summed E-state index contributed by atoms with van der Waals surface area (Å²) in [6.45, 7) is 3.55. The van der Waals surface area contributed by atoms with Gasteiger partial charge < -0.3 is 9.88 Å². The Kier molecular flexibility index (Phi) is 3.42. The fourth-order valence-corrected chi connectivity index (χ4v) is 2.14. The lowest BCUT2D eigenvalue weighted by atomic mass is 10.2. The molecule has 0 aromatic carbocycles. The third-order valence-corrected chi connectivity index (χ3v) is 2.98. The molecule has 2 heterocycles. The molecule has 0 aliphatic carbocycles. The van der Waals surface area contributed by atoms with Crippen LogP contribution in [0.5, 0.6) is 0 Å². The van der Waals surface area contributed by atoms with Gasteiger partial charge in [-0.2, -0.15) is 13.2 Å². The van der Waals surface area contributed by atoms with Gasteiger partial charge in [-0.25, -0.2) is 4.98 Å². The Bertz CT molecular complexity index is 395. The van der Waals surface area contributed by atoms with E-state index in [1.807, 2.05) is 6.92 Å². The molecule has 0 atom stereocenters. The van der Waals surface area contributed by atoms with E-state index in [2.05, 4.69) is 10.3 Å². The highest BCUT2D eigenvalue weighted by Gasteiger charge is 2.38. The molecule has 0 radical (unpaired) electrons. The van der Waals surface area contributed by atoms with Gasteiger partial charge in [-0.05, 0) is 6.42 Å². The van der Waals surface area contributed by atoms with Gasteiger partial charge in [0.05, 0.1) is 5.69 Å². The molecule has 1 N–H and O–H groups in total. The molecular formula is C11H16F3N3. The quantitative estimate of drug-likeness (QED) is 0.888. The Labute approximate surface area is 98.0 Å². The van der Waals surface area contributed by atoms with Gasteiger partial charge in [-0.3, -0.25) is 0 Å². The van der Waals surface area contributed by atoms with Gasteiger partial charge in [0.2, 0.25) is 5.82 Å². The number of nitrogens with one attached hydrogen (secondary N) is 1. The van der Waals surface area contributed by atoms with E-state index in [0.29, 0.717) is 25.2 Å². The zero-order valence-electron chi connectivity index (χ0n) is 9.77. The second-order valence-electron chi connectivity index (χ2n) is 4.26. The van der Waals surface area contributed by atoms with E-state index in [1.165, 1.54) is 4.57 Å². The van der Waals surface area contributed by atoms with Crippen LogP contribution in [0, 0.1) is 0 Å². The molecular weight excluding hydrogens is 231 g/mol. The third-order valence-electron chi connectivity index (χ3n) is 2.98. The zero-order valence-corrected chi connectivity index (χ0v) is 9.77. The number of halogens is 3. The molecule has 3 nitrogen and oxygen atoms in total. The van der Waals surface area contributed by atoms with Crippen LogP contribution in [0.1, 0.15) is 37.0 Å². The Morgan fingerprint density at radius 2 is 2.18 bits per heavy atom. The summed E-state index contributed by atoms with van der Waals surface area (Å²) in [5.41, 5.74) is 1.31. The van der Waals surface area contributed by atoms with Crippen LogP contribution in [0.15, 0.2) is 0 Å². The van der Waals surface area contributed by atoms with E-state index in [-0.39, 0.29) is 0 Å². The molecule has 6 heteroatoms. The van der Waals surface area contributed by atoms with E-state index in [9.17, 15) is 13.2 Å². The van der Waals surface area contributed by atoms with Crippen molar-refractivity contribution < 1.29 is 13.2 Å². The van der Waals surface area contributed by atoms with Crippen molar-refractivity contribution in [3.63, 3.8) is 0 Å². The highest BCUT2D eigenvalue weighted by molar-refractivity contribution is 5.21. The number of unbranched alkanes of at least 4 members (excludes halogenated alkanes) is 1. The molecule has 1 aromatic rings. The lowest BCUT2D eigenvalue weighted by Crippen LogP contribution is -2.25. The van der Waals surface area contributed by atoms with Crippen LogP contribution in [0.25, 0.3) is 0 Å². The third kappa shape index (κ3) is 2.46. The smallest absolute Gasteiger partial charge is 0.324 e. The van der Waals surface area contributed by atoms with Gasteiger partial charge in [0.1, 0.15) is 0 Å². The summed E-state index contributed by atoms with van der Waals surface area (Å²) in [7, 11) is 0. The van der Waals surface area contributed by atoms with Crippen molar-refractivity contribution in [3.8, 4) is 0 Å². The van der Waals surface area contributed by atoms with E-state index in [1.54, 1.807) is 0 Å². The summed E-state index contributed by atoms with van der Waals surface area (Å²) in [6, 6.07) is 0. The SMILES string of the molecule is CCCCn1c(C(F)(F)F)nc2c1CCNC2. The number of aromatic nitrogens is 2. The predicted octanol–water partition coefficient (Wildman–Crippen LogP) is 2.35. The van der Waals surface area contributed by atoms with Crippen LogP contribution in [0.2, 0.25) is 0 Å². The van der Waals surface area contributed by atoms with Crippen molar-refractivity contribution in [3.05, 3.63) is 17.2 Å². The van der Waals surface area contributed by atoms with Crippen molar-refractivity contribution in [1.29, 1.82) is 0 Å². The first-order chi connectivity index (χ1) is 8.04. The minimum Gasteiger partial charge on any atom is -0.324 e. The first kappa shape index (κ1) is 12.4. The fraction of sp³-hybridized carbons (Fsp3) is 0.727. The molecule has 1 aliphatic heterocycles. The molecule has 0 spiro atoms. The molecule has 0 unspecified atom stereocenters. The average molecular weight is 247 g/mol. The summed E-state index contributed by atoms with van der Waals surface area (Å²) in [4.78, 5) is 3.75. The van der Waals surface area contributed by atoms with Crippen molar-refractivity contribution in [1.82, 2.24) is 14.9 Å². The van der Waals surface area contributed by atoms with Crippen molar-refractivity contribution in [2.24, 2.45) is 0 Å². The molecule has 0 fully saturated rings. The molecule has 0 bridgehead atoms. The molecule has 0 amide bonds. The topological polar surface area (TPSA) is 29.9 Å². The second kappa shape index (κ2) is 4.68. The standard InChI is InChI=1S/C11H16F3N3/c1-2-3-6-17-9-4-5-15-7-8(9)16-10(17)11(12,13)14/h15H,2-7H2,1H3. The van der Waals surface area contributed by atoms with Gasteiger partial charge in [0.15, 0.2) is 0 Å². The number of imidazole rings is 1. The van der Waals surface area contributed by atoms with E-state index in [4.69, 9.17) is 0 Å². The van der Waals surface area contributed by atoms with Crippen LogP contribution in [-0.2, 0) is 25.7 Å². The van der Waals surface area contributed by atoms with Crippen molar-refractivity contribution in [2.75, 3.05) is 6.54 Å². The fourth-order valence-electron chi connectivity index (χ4n) is 2.14. The molecule has 0 saturated heterocycles. The van der Waals surface area contributed by atoms with E-state index in [0.717, 1.165) is 25.1 Å². The van der Waals surface area contributed by atoms with Gasteiger partial charge in [-0.1, -0.05) is 13.3 Å². The molecule has 0 saturated carbocycles. The maximum atomic E-state index is 12.9. The molecule has 1 aromatic heterocycles. The molecule has 17 heavy (non-hydrogen) atoms. The largest absolute Gasteiger partial charge is 0.449 e. The van der Waals surface area contributed by atoms with Crippen LogP contribution in [0.3, 0.4) is 0 Å². The van der Waals surface area contributed by atoms with Crippen molar-refractivity contribution in [2.45, 2.75) is 45.5 Å². The number of rotatable bonds is 3. The number of fused-ring (bicyclic) bond motifs is 1. The highest BCUT2D eigenvalue weighted by atomic mass is 19.4. The maximum Gasteiger partial charge on any atom is 0.449 e. The monoisotopic (exact) mass is 247 g/mol. The van der Waals surface area contributed by atoms with Crippen LogP contribution >= 0.6 is 0 Å². The maximum absolute atomic E-state index is 12.9. The normalized spacial score (nSPS) is 16.0. The molecule has 2 rings (SSSR count). The highest BCUT2D eigenvalue weighted by Crippen LogP contribution is 2.31. The Balaban J connectivity index is 2.39. The van der Waals surface area contributed by atoms with Crippen LogP contribution in [0.4, 0.5) is 13.2 Å². The number of hydrogen-bond acceptors (Lipinski definition) is 2. The van der Waals surface area contributed by atoms with Gasteiger partial charge in [-0.15, -0.1) is 0 Å². The number of alkyl halides is 3. The average Bonchev–Trinajstić information content (AvgIpc) is 2.65. The second-order valence-corrected chi connectivity index (χ2v) is 4.26. The Morgan fingerprint density at radius 1 is 1.41 bits per heavy atom.